The SMILES string of the molecule is COCCOc1cc(-n2nc(C3CC3)c3cnc(NC(C)=O)cc32)nc(C(C)(F)F)n1. The lowest BCUT2D eigenvalue weighted by Gasteiger charge is -2.13. The summed E-state index contributed by atoms with van der Waals surface area (Å²) in [7, 11) is 1.51. The number of carbonyl (C=O) groups excluding carboxylic acids is 1. The van der Waals surface area contributed by atoms with Gasteiger partial charge in [0.25, 0.3) is 0 Å². The maximum atomic E-state index is 14.1. The second-order valence-corrected chi connectivity index (χ2v) is 7.46. The number of ether oxygens (including phenoxy) is 2. The highest BCUT2D eigenvalue weighted by Gasteiger charge is 2.32. The van der Waals surface area contributed by atoms with Gasteiger partial charge in [-0.3, -0.25) is 4.79 Å². The van der Waals surface area contributed by atoms with Gasteiger partial charge in [0, 0.05) is 50.6 Å². The van der Waals surface area contributed by atoms with Gasteiger partial charge in [-0.2, -0.15) is 18.9 Å². The number of halogens is 2. The molecule has 3 aromatic heterocycles. The van der Waals surface area contributed by atoms with Gasteiger partial charge in [0.15, 0.2) is 5.82 Å². The van der Waals surface area contributed by atoms with Crippen LogP contribution in [0.15, 0.2) is 18.3 Å². The van der Waals surface area contributed by atoms with Crippen LogP contribution in [0.25, 0.3) is 16.7 Å². The van der Waals surface area contributed by atoms with Crippen LogP contribution in [-0.4, -0.2) is 51.0 Å². The highest BCUT2D eigenvalue weighted by atomic mass is 19.3. The number of fused-ring (bicyclic) bond motifs is 1. The second kappa shape index (κ2) is 8.14. The molecule has 0 bridgehead atoms. The Morgan fingerprint density at radius 2 is 2.06 bits per heavy atom. The molecule has 31 heavy (non-hydrogen) atoms. The van der Waals surface area contributed by atoms with Gasteiger partial charge < -0.3 is 14.8 Å². The van der Waals surface area contributed by atoms with Crippen molar-refractivity contribution in [2.24, 2.45) is 0 Å². The number of methoxy groups -OCH3 is 1. The third-order valence-electron chi connectivity index (χ3n) is 4.70. The van der Waals surface area contributed by atoms with E-state index in [1.54, 1.807) is 12.3 Å². The van der Waals surface area contributed by atoms with E-state index in [2.05, 4.69) is 25.4 Å². The maximum Gasteiger partial charge on any atom is 0.304 e. The Morgan fingerprint density at radius 1 is 1.29 bits per heavy atom. The van der Waals surface area contributed by atoms with Crippen molar-refractivity contribution in [1.82, 2.24) is 24.7 Å². The first kappa shape index (κ1) is 21.0. The fourth-order valence-electron chi connectivity index (χ4n) is 3.14. The summed E-state index contributed by atoms with van der Waals surface area (Å²) in [6.07, 6.45) is 3.62. The molecule has 0 aromatic carbocycles. The fraction of sp³-hybridized carbons (Fsp3) is 0.450. The molecule has 0 radical (unpaired) electrons. The smallest absolute Gasteiger partial charge is 0.304 e. The summed E-state index contributed by atoms with van der Waals surface area (Å²) in [5.41, 5.74) is 1.41. The molecule has 1 fully saturated rings. The molecule has 0 aliphatic heterocycles. The lowest BCUT2D eigenvalue weighted by atomic mass is 10.2. The predicted octanol–water partition coefficient (Wildman–Crippen LogP) is 3.18. The number of aromatic nitrogens is 5. The third-order valence-corrected chi connectivity index (χ3v) is 4.70. The number of amides is 1. The molecule has 11 heteroatoms. The van der Waals surface area contributed by atoms with Crippen molar-refractivity contribution in [2.75, 3.05) is 25.6 Å². The summed E-state index contributed by atoms with van der Waals surface area (Å²) in [5, 5.41) is 8.06. The quantitative estimate of drug-likeness (QED) is 0.545. The Hall–Kier alpha value is -3.21. The minimum Gasteiger partial charge on any atom is -0.475 e. The van der Waals surface area contributed by atoms with Crippen LogP contribution >= 0.6 is 0 Å². The topological polar surface area (TPSA) is 104 Å². The number of carbonyl (C=O) groups is 1. The number of anilines is 1. The summed E-state index contributed by atoms with van der Waals surface area (Å²) in [6.45, 7) is 2.52. The van der Waals surface area contributed by atoms with Crippen molar-refractivity contribution in [2.45, 2.75) is 38.5 Å². The first-order chi connectivity index (χ1) is 14.8. The van der Waals surface area contributed by atoms with Crippen molar-refractivity contribution < 1.29 is 23.0 Å². The molecule has 4 rings (SSSR count). The molecule has 164 valence electrons. The number of pyridine rings is 1. The third kappa shape index (κ3) is 4.61. The normalized spacial score (nSPS) is 14.1. The molecule has 1 saturated carbocycles. The average molecular weight is 432 g/mol. The Bertz CT molecular complexity index is 1120. The molecule has 0 spiro atoms. The maximum absolute atomic E-state index is 14.1. The second-order valence-electron chi connectivity index (χ2n) is 7.46. The molecule has 3 heterocycles. The van der Waals surface area contributed by atoms with Crippen LogP contribution in [0.5, 0.6) is 5.88 Å². The molecular formula is C20H22F2N6O3. The van der Waals surface area contributed by atoms with Gasteiger partial charge in [0.05, 0.1) is 17.8 Å². The highest BCUT2D eigenvalue weighted by molar-refractivity contribution is 5.91. The Labute approximate surface area is 176 Å². The predicted molar refractivity (Wildman–Crippen MR) is 108 cm³/mol. The Morgan fingerprint density at radius 3 is 2.71 bits per heavy atom. The lowest BCUT2D eigenvalue weighted by Crippen LogP contribution is -2.17. The van der Waals surface area contributed by atoms with E-state index < -0.39 is 11.7 Å². The van der Waals surface area contributed by atoms with E-state index in [1.807, 2.05) is 0 Å². The number of hydrogen-bond donors (Lipinski definition) is 1. The van der Waals surface area contributed by atoms with Crippen LogP contribution in [0.2, 0.25) is 0 Å². The fourth-order valence-corrected chi connectivity index (χ4v) is 3.14. The van der Waals surface area contributed by atoms with Gasteiger partial charge >= 0.3 is 5.92 Å². The number of alkyl halides is 2. The van der Waals surface area contributed by atoms with Crippen LogP contribution in [0.3, 0.4) is 0 Å². The largest absolute Gasteiger partial charge is 0.475 e. The van der Waals surface area contributed by atoms with Gasteiger partial charge in [-0.1, -0.05) is 0 Å². The lowest BCUT2D eigenvalue weighted by molar-refractivity contribution is -0.114. The first-order valence-electron chi connectivity index (χ1n) is 9.82. The van der Waals surface area contributed by atoms with E-state index in [4.69, 9.17) is 9.47 Å². The molecular weight excluding hydrogens is 410 g/mol. The zero-order valence-corrected chi connectivity index (χ0v) is 17.4. The van der Waals surface area contributed by atoms with Crippen LogP contribution in [0.1, 0.15) is 44.1 Å². The minimum atomic E-state index is -3.28. The standard InChI is InChI=1S/C20H22F2N6O3/c1-11(29)24-15-8-14-13(10-23-15)18(12-4-5-12)27-28(14)16-9-17(31-7-6-30-3)26-19(25-16)20(2,21)22/h8-10,12H,4-7H2,1-3H3,(H,23,24,29). The van der Waals surface area contributed by atoms with Crippen molar-refractivity contribution in [3.8, 4) is 11.7 Å². The van der Waals surface area contributed by atoms with Gasteiger partial charge in [0.2, 0.25) is 17.6 Å². The number of nitrogens with zero attached hydrogens (tertiary/aromatic N) is 5. The summed E-state index contributed by atoms with van der Waals surface area (Å²) >= 11 is 0. The van der Waals surface area contributed by atoms with E-state index in [-0.39, 0.29) is 36.7 Å². The molecule has 3 aromatic rings. The van der Waals surface area contributed by atoms with Crippen LogP contribution < -0.4 is 10.1 Å². The molecule has 1 amide bonds. The van der Waals surface area contributed by atoms with E-state index >= 15 is 0 Å². The van der Waals surface area contributed by atoms with E-state index in [0.717, 1.165) is 30.8 Å². The highest BCUT2D eigenvalue weighted by Crippen LogP contribution is 2.43. The van der Waals surface area contributed by atoms with Gasteiger partial charge in [0.1, 0.15) is 12.4 Å². The van der Waals surface area contributed by atoms with E-state index in [1.165, 1.54) is 24.8 Å². The summed E-state index contributed by atoms with van der Waals surface area (Å²) < 4.78 is 40.1. The van der Waals surface area contributed by atoms with Crippen molar-refractivity contribution >= 4 is 22.6 Å². The van der Waals surface area contributed by atoms with Crippen molar-refractivity contribution in [3.05, 3.63) is 29.8 Å². The number of nitrogens with one attached hydrogen (secondary N) is 1. The molecule has 1 aliphatic rings. The van der Waals surface area contributed by atoms with E-state index in [0.29, 0.717) is 11.3 Å². The van der Waals surface area contributed by atoms with E-state index in [9.17, 15) is 13.6 Å². The Balaban J connectivity index is 1.86. The first-order valence-corrected chi connectivity index (χ1v) is 9.82. The van der Waals surface area contributed by atoms with Gasteiger partial charge in [-0.15, -0.1) is 0 Å². The van der Waals surface area contributed by atoms with Crippen LogP contribution in [0, 0.1) is 0 Å². The molecule has 0 atom stereocenters. The van der Waals surface area contributed by atoms with Gasteiger partial charge in [-0.05, 0) is 12.8 Å². The molecule has 1 N–H and O–H groups in total. The summed E-state index contributed by atoms with van der Waals surface area (Å²) in [4.78, 5) is 23.6. The minimum absolute atomic E-state index is 0.00802. The average Bonchev–Trinajstić information content (AvgIpc) is 3.47. The number of hydrogen-bond acceptors (Lipinski definition) is 7. The van der Waals surface area contributed by atoms with Crippen LogP contribution in [-0.2, 0) is 15.5 Å². The molecule has 0 saturated heterocycles. The monoisotopic (exact) mass is 432 g/mol. The number of rotatable bonds is 8. The van der Waals surface area contributed by atoms with Crippen molar-refractivity contribution in [3.63, 3.8) is 0 Å². The zero-order chi connectivity index (χ0) is 22.2. The Kier molecular flexibility index (Phi) is 5.52. The molecule has 1 aliphatic carbocycles. The van der Waals surface area contributed by atoms with Crippen LogP contribution in [0.4, 0.5) is 14.6 Å². The summed E-state index contributed by atoms with van der Waals surface area (Å²) in [6, 6.07) is 3.10. The summed E-state index contributed by atoms with van der Waals surface area (Å²) in [5.74, 6) is -3.49. The zero-order valence-electron chi connectivity index (χ0n) is 17.4. The van der Waals surface area contributed by atoms with Crippen molar-refractivity contribution in [1.29, 1.82) is 0 Å². The molecule has 9 nitrogen and oxygen atoms in total. The van der Waals surface area contributed by atoms with Gasteiger partial charge in [-0.25, -0.2) is 14.6 Å². The molecule has 0 unspecified atom stereocenters.